The molecule has 0 radical (unpaired) electrons. The third kappa shape index (κ3) is 3.39. The molecular formula is C16H13BrFN3O2S. The maximum atomic E-state index is 13.9. The van der Waals surface area contributed by atoms with Gasteiger partial charge in [0.25, 0.3) is 0 Å². The minimum Gasteiger partial charge on any atom is -0.463 e. The SMILES string of the molecule is CCOC(=O)C1=CNC(c2nccs2)=N[C@H]1c1ccc(Br)c(F)c1. The highest BCUT2D eigenvalue weighted by molar-refractivity contribution is 9.10. The average molecular weight is 410 g/mol. The lowest BCUT2D eigenvalue weighted by Crippen LogP contribution is -2.28. The van der Waals surface area contributed by atoms with Crippen molar-refractivity contribution in [2.45, 2.75) is 13.0 Å². The van der Waals surface area contributed by atoms with Crippen LogP contribution >= 0.6 is 27.3 Å². The van der Waals surface area contributed by atoms with Gasteiger partial charge in [0, 0.05) is 17.8 Å². The van der Waals surface area contributed by atoms with E-state index in [1.54, 1.807) is 31.5 Å². The van der Waals surface area contributed by atoms with Crippen molar-refractivity contribution in [3.05, 3.63) is 62.4 Å². The van der Waals surface area contributed by atoms with Gasteiger partial charge in [-0.1, -0.05) is 6.07 Å². The minimum absolute atomic E-state index is 0.251. The number of amidine groups is 1. The van der Waals surface area contributed by atoms with Crippen LogP contribution in [-0.4, -0.2) is 23.4 Å². The van der Waals surface area contributed by atoms with E-state index in [0.29, 0.717) is 26.5 Å². The molecule has 0 aliphatic carbocycles. The molecule has 124 valence electrons. The Morgan fingerprint density at radius 3 is 3.00 bits per heavy atom. The van der Waals surface area contributed by atoms with E-state index in [9.17, 15) is 9.18 Å². The van der Waals surface area contributed by atoms with Gasteiger partial charge >= 0.3 is 5.97 Å². The van der Waals surface area contributed by atoms with Crippen LogP contribution in [0.4, 0.5) is 4.39 Å². The van der Waals surface area contributed by atoms with Crippen LogP contribution < -0.4 is 5.32 Å². The molecule has 8 heteroatoms. The third-order valence-corrected chi connectivity index (χ3v) is 4.75. The standard InChI is InChI=1S/C16H13BrFN3O2S/c1-2-23-16(22)10-8-20-14(15-19-5-6-24-15)21-13(10)9-3-4-11(17)12(18)7-9/h3-8,13H,2H2,1H3,(H,20,21)/t13-/m0/s1. The predicted octanol–water partition coefficient (Wildman–Crippen LogP) is 3.58. The van der Waals surface area contributed by atoms with Gasteiger partial charge < -0.3 is 10.1 Å². The number of nitrogens with zero attached hydrogens (tertiary/aromatic N) is 2. The maximum Gasteiger partial charge on any atom is 0.338 e. The molecule has 2 heterocycles. The van der Waals surface area contributed by atoms with E-state index in [1.165, 1.54) is 17.4 Å². The topological polar surface area (TPSA) is 63.6 Å². The van der Waals surface area contributed by atoms with Crippen molar-refractivity contribution in [2.75, 3.05) is 6.61 Å². The normalized spacial score (nSPS) is 16.9. The summed E-state index contributed by atoms with van der Waals surface area (Å²) in [5.74, 6) is -0.369. The first-order valence-electron chi connectivity index (χ1n) is 7.16. The summed E-state index contributed by atoms with van der Waals surface area (Å²) >= 11 is 4.55. The third-order valence-electron chi connectivity index (χ3n) is 3.32. The monoisotopic (exact) mass is 409 g/mol. The number of aliphatic imine (C=N–C) groups is 1. The zero-order valence-corrected chi connectivity index (χ0v) is 15.0. The summed E-state index contributed by atoms with van der Waals surface area (Å²) in [6, 6.07) is 4.01. The number of benzene rings is 1. The van der Waals surface area contributed by atoms with Crippen molar-refractivity contribution in [3.63, 3.8) is 0 Å². The number of esters is 1. The maximum absolute atomic E-state index is 13.9. The molecule has 2 aromatic rings. The highest BCUT2D eigenvalue weighted by Gasteiger charge is 2.28. The summed E-state index contributed by atoms with van der Waals surface area (Å²) in [7, 11) is 0. The number of thiazole rings is 1. The highest BCUT2D eigenvalue weighted by Crippen LogP contribution is 2.31. The fourth-order valence-corrected chi connectivity index (χ4v) is 3.08. The van der Waals surface area contributed by atoms with Crippen LogP contribution in [0, 0.1) is 5.82 Å². The summed E-state index contributed by atoms with van der Waals surface area (Å²) in [5, 5.41) is 5.49. The van der Waals surface area contributed by atoms with Crippen LogP contribution in [0.15, 0.2) is 51.0 Å². The number of carbonyl (C=O) groups excluding carboxylic acids is 1. The quantitative estimate of drug-likeness (QED) is 0.783. The van der Waals surface area contributed by atoms with E-state index in [1.807, 2.05) is 5.38 Å². The van der Waals surface area contributed by atoms with Crippen molar-refractivity contribution in [3.8, 4) is 0 Å². The molecule has 0 bridgehead atoms. The number of ether oxygens (including phenoxy) is 1. The predicted molar refractivity (Wildman–Crippen MR) is 93.3 cm³/mol. The molecule has 1 aliphatic heterocycles. The van der Waals surface area contributed by atoms with Crippen LogP contribution in [0.5, 0.6) is 0 Å². The Bertz CT molecular complexity index is 821. The van der Waals surface area contributed by atoms with Crippen molar-refractivity contribution >= 4 is 39.1 Å². The Morgan fingerprint density at radius 2 is 2.33 bits per heavy atom. The van der Waals surface area contributed by atoms with Gasteiger partial charge in [-0.15, -0.1) is 11.3 Å². The lowest BCUT2D eigenvalue weighted by atomic mass is 9.98. The number of carbonyl (C=O) groups is 1. The Labute approximate surface area is 150 Å². The first-order valence-corrected chi connectivity index (χ1v) is 8.83. The van der Waals surface area contributed by atoms with E-state index in [4.69, 9.17) is 4.74 Å². The zero-order chi connectivity index (χ0) is 17.1. The number of hydrogen-bond donors (Lipinski definition) is 1. The average Bonchev–Trinajstić information content (AvgIpc) is 3.11. The number of hydrogen-bond acceptors (Lipinski definition) is 6. The van der Waals surface area contributed by atoms with E-state index in [0.717, 1.165) is 0 Å². The van der Waals surface area contributed by atoms with Crippen molar-refractivity contribution in [2.24, 2.45) is 4.99 Å². The van der Waals surface area contributed by atoms with E-state index < -0.39 is 17.8 Å². The molecule has 1 aliphatic rings. The molecule has 0 fully saturated rings. The van der Waals surface area contributed by atoms with Gasteiger partial charge in [0.15, 0.2) is 10.8 Å². The number of aromatic nitrogens is 1. The van der Waals surface area contributed by atoms with Gasteiger partial charge in [-0.3, -0.25) is 4.99 Å². The van der Waals surface area contributed by atoms with Gasteiger partial charge in [-0.05, 0) is 40.5 Å². The van der Waals surface area contributed by atoms with E-state index in [2.05, 4.69) is 31.2 Å². The molecule has 0 amide bonds. The van der Waals surface area contributed by atoms with Crippen molar-refractivity contribution in [1.29, 1.82) is 0 Å². The fourth-order valence-electron chi connectivity index (χ4n) is 2.24. The molecule has 1 aromatic heterocycles. The van der Waals surface area contributed by atoms with Gasteiger partial charge in [-0.2, -0.15) is 0 Å². The van der Waals surface area contributed by atoms with Crippen LogP contribution in [0.25, 0.3) is 0 Å². The van der Waals surface area contributed by atoms with Crippen LogP contribution in [0.1, 0.15) is 23.5 Å². The molecule has 0 spiro atoms. The summed E-state index contributed by atoms with van der Waals surface area (Å²) in [6.07, 6.45) is 3.22. The number of rotatable bonds is 4. The molecule has 1 N–H and O–H groups in total. The van der Waals surface area contributed by atoms with Gasteiger partial charge in [0.1, 0.15) is 11.9 Å². The van der Waals surface area contributed by atoms with Crippen LogP contribution in [-0.2, 0) is 9.53 Å². The summed E-state index contributed by atoms with van der Waals surface area (Å²) < 4.78 is 19.4. The van der Waals surface area contributed by atoms with Gasteiger partial charge in [-0.25, -0.2) is 14.2 Å². The second-order valence-corrected chi connectivity index (χ2v) is 6.60. The fraction of sp³-hybridized carbons (Fsp3) is 0.188. The first kappa shape index (κ1) is 16.8. The molecule has 1 aromatic carbocycles. The molecule has 3 rings (SSSR count). The van der Waals surface area contributed by atoms with Gasteiger partial charge in [0.2, 0.25) is 0 Å². The molecule has 0 saturated carbocycles. The summed E-state index contributed by atoms with van der Waals surface area (Å²) in [4.78, 5) is 21.0. The summed E-state index contributed by atoms with van der Waals surface area (Å²) in [5.41, 5.74) is 0.879. The molecule has 24 heavy (non-hydrogen) atoms. The zero-order valence-electron chi connectivity index (χ0n) is 12.6. The smallest absolute Gasteiger partial charge is 0.338 e. The second-order valence-electron chi connectivity index (χ2n) is 4.86. The van der Waals surface area contributed by atoms with Crippen molar-refractivity contribution in [1.82, 2.24) is 10.3 Å². The lowest BCUT2D eigenvalue weighted by molar-refractivity contribution is -0.138. The molecule has 0 saturated heterocycles. The number of nitrogens with one attached hydrogen (secondary N) is 1. The second kappa shape index (κ2) is 7.23. The minimum atomic E-state index is -0.660. The molecular weight excluding hydrogens is 397 g/mol. The van der Waals surface area contributed by atoms with Crippen LogP contribution in [0.2, 0.25) is 0 Å². The Kier molecular flexibility index (Phi) is 5.06. The van der Waals surface area contributed by atoms with E-state index >= 15 is 0 Å². The molecule has 1 atom stereocenters. The Hall–Kier alpha value is -2.06. The number of halogens is 2. The van der Waals surface area contributed by atoms with E-state index in [-0.39, 0.29) is 6.61 Å². The molecule has 0 unspecified atom stereocenters. The van der Waals surface area contributed by atoms with Crippen LogP contribution in [0.3, 0.4) is 0 Å². The lowest BCUT2D eigenvalue weighted by Gasteiger charge is -2.22. The Morgan fingerprint density at radius 1 is 1.50 bits per heavy atom. The van der Waals surface area contributed by atoms with Crippen molar-refractivity contribution < 1.29 is 13.9 Å². The highest BCUT2D eigenvalue weighted by atomic mass is 79.9. The van der Waals surface area contributed by atoms with Gasteiger partial charge in [0.05, 0.1) is 16.7 Å². The summed E-state index contributed by atoms with van der Waals surface area (Å²) in [6.45, 7) is 1.98. The Balaban J connectivity index is 2.02. The largest absolute Gasteiger partial charge is 0.463 e. The molecule has 5 nitrogen and oxygen atoms in total. The first-order chi connectivity index (χ1) is 11.6.